The highest BCUT2D eigenvalue weighted by Gasteiger charge is 2.18. The summed E-state index contributed by atoms with van der Waals surface area (Å²) in [6, 6.07) is 1.64. The molecule has 1 rings (SSSR count). The first-order chi connectivity index (χ1) is 10.8. The fourth-order valence-electron chi connectivity index (χ4n) is 1.78. The van der Waals surface area contributed by atoms with Crippen LogP contribution in [0.2, 0.25) is 0 Å². The highest BCUT2D eigenvalue weighted by molar-refractivity contribution is 6.46. The normalized spacial score (nSPS) is 11.1. The fraction of sp³-hybridized carbons (Fsp3) is 0.400. The van der Waals surface area contributed by atoms with Gasteiger partial charge in [-0.05, 0) is 23.6 Å². The standard InChI is InChI=1S/C15H22N6O2/c1-7-11(20-21(5)6)14(22)17-12-8-10(9(2)3)13(19-18-12)15(23)16-4/h7-9H,1H2,2-6H3,(H,16,23)(H,17,18,22)/b20-11+. The number of carbonyl (C=O) groups excluding carboxylic acids is 2. The van der Waals surface area contributed by atoms with Crippen LogP contribution in [0.25, 0.3) is 0 Å². The van der Waals surface area contributed by atoms with Crippen molar-refractivity contribution in [2.45, 2.75) is 19.8 Å². The topological polar surface area (TPSA) is 99.6 Å². The molecular weight excluding hydrogens is 296 g/mol. The highest BCUT2D eigenvalue weighted by atomic mass is 16.2. The number of nitrogens with one attached hydrogen (secondary N) is 2. The van der Waals surface area contributed by atoms with Gasteiger partial charge < -0.3 is 15.6 Å². The minimum atomic E-state index is -0.453. The van der Waals surface area contributed by atoms with Crippen molar-refractivity contribution in [3.05, 3.63) is 30.0 Å². The molecule has 8 heteroatoms. The Morgan fingerprint density at radius 3 is 2.48 bits per heavy atom. The number of amides is 2. The monoisotopic (exact) mass is 318 g/mol. The first-order valence-corrected chi connectivity index (χ1v) is 7.09. The molecule has 1 aromatic heterocycles. The van der Waals surface area contributed by atoms with E-state index < -0.39 is 5.91 Å². The number of aromatic nitrogens is 2. The lowest BCUT2D eigenvalue weighted by atomic mass is 10.0. The average Bonchev–Trinajstić information content (AvgIpc) is 2.51. The minimum Gasteiger partial charge on any atom is -0.354 e. The molecule has 0 unspecified atom stereocenters. The van der Waals surface area contributed by atoms with E-state index in [1.54, 1.807) is 20.2 Å². The highest BCUT2D eigenvalue weighted by Crippen LogP contribution is 2.20. The molecule has 124 valence electrons. The summed E-state index contributed by atoms with van der Waals surface area (Å²) >= 11 is 0. The maximum absolute atomic E-state index is 12.1. The lowest BCUT2D eigenvalue weighted by Gasteiger charge is -2.12. The van der Waals surface area contributed by atoms with Crippen LogP contribution in [0.3, 0.4) is 0 Å². The number of anilines is 1. The van der Waals surface area contributed by atoms with Crippen LogP contribution in [0.15, 0.2) is 23.8 Å². The molecule has 0 saturated carbocycles. The van der Waals surface area contributed by atoms with Crippen LogP contribution < -0.4 is 10.6 Å². The van der Waals surface area contributed by atoms with Crippen LogP contribution in [0.4, 0.5) is 5.82 Å². The summed E-state index contributed by atoms with van der Waals surface area (Å²) in [5, 5.41) is 18.4. The second-order valence-corrected chi connectivity index (χ2v) is 5.26. The molecule has 0 aliphatic heterocycles. The van der Waals surface area contributed by atoms with E-state index in [2.05, 4.69) is 32.5 Å². The van der Waals surface area contributed by atoms with E-state index in [0.717, 1.165) is 0 Å². The third-order valence-corrected chi connectivity index (χ3v) is 2.86. The van der Waals surface area contributed by atoms with Crippen LogP contribution in [-0.4, -0.2) is 53.9 Å². The van der Waals surface area contributed by atoms with E-state index in [1.165, 1.54) is 18.1 Å². The Kier molecular flexibility index (Phi) is 6.37. The number of hydrogen-bond acceptors (Lipinski definition) is 6. The van der Waals surface area contributed by atoms with Gasteiger partial charge in [-0.1, -0.05) is 20.4 Å². The molecule has 0 fully saturated rings. The number of hydrazone groups is 1. The zero-order valence-electron chi connectivity index (χ0n) is 14.0. The van der Waals surface area contributed by atoms with Gasteiger partial charge in [-0.3, -0.25) is 9.59 Å². The quantitative estimate of drug-likeness (QED) is 0.602. The zero-order valence-corrected chi connectivity index (χ0v) is 14.0. The van der Waals surface area contributed by atoms with E-state index in [1.807, 2.05) is 13.8 Å². The number of nitrogens with zero attached hydrogens (tertiary/aromatic N) is 4. The number of carbonyl (C=O) groups is 2. The van der Waals surface area contributed by atoms with E-state index in [-0.39, 0.29) is 29.0 Å². The van der Waals surface area contributed by atoms with Gasteiger partial charge in [0.25, 0.3) is 11.8 Å². The Hall–Kier alpha value is -2.77. The Bertz CT molecular complexity index is 637. The third-order valence-electron chi connectivity index (χ3n) is 2.86. The fourth-order valence-corrected chi connectivity index (χ4v) is 1.78. The second-order valence-electron chi connectivity index (χ2n) is 5.26. The molecule has 23 heavy (non-hydrogen) atoms. The maximum atomic E-state index is 12.1. The molecule has 0 atom stereocenters. The summed E-state index contributed by atoms with van der Waals surface area (Å²) < 4.78 is 0. The van der Waals surface area contributed by atoms with E-state index in [0.29, 0.717) is 5.56 Å². The Labute approximate surface area is 135 Å². The summed E-state index contributed by atoms with van der Waals surface area (Å²) in [6.45, 7) is 7.42. The summed E-state index contributed by atoms with van der Waals surface area (Å²) in [6.07, 6.45) is 1.35. The summed E-state index contributed by atoms with van der Waals surface area (Å²) in [4.78, 5) is 24.0. The molecule has 2 N–H and O–H groups in total. The molecule has 0 aliphatic rings. The average molecular weight is 318 g/mol. The largest absolute Gasteiger partial charge is 0.354 e. The lowest BCUT2D eigenvalue weighted by Crippen LogP contribution is -2.26. The summed E-state index contributed by atoms with van der Waals surface area (Å²) in [5.74, 6) is -0.479. The smallest absolute Gasteiger partial charge is 0.277 e. The van der Waals surface area contributed by atoms with Crippen molar-refractivity contribution in [3.8, 4) is 0 Å². The third kappa shape index (κ3) is 4.87. The summed E-state index contributed by atoms with van der Waals surface area (Å²) in [7, 11) is 4.93. The molecule has 0 aliphatic carbocycles. The van der Waals surface area contributed by atoms with Gasteiger partial charge in [0.1, 0.15) is 5.71 Å². The second kappa shape index (κ2) is 8.02. The molecule has 0 spiro atoms. The van der Waals surface area contributed by atoms with Gasteiger partial charge in [-0.25, -0.2) is 0 Å². The molecule has 2 amide bonds. The van der Waals surface area contributed by atoms with Gasteiger partial charge in [-0.2, -0.15) is 5.10 Å². The van der Waals surface area contributed by atoms with Gasteiger partial charge in [0.2, 0.25) is 0 Å². The number of rotatable bonds is 6. The lowest BCUT2D eigenvalue weighted by molar-refractivity contribution is -0.110. The van der Waals surface area contributed by atoms with Crippen molar-refractivity contribution in [2.24, 2.45) is 5.10 Å². The molecule has 8 nitrogen and oxygen atoms in total. The predicted molar refractivity (Wildman–Crippen MR) is 89.5 cm³/mol. The van der Waals surface area contributed by atoms with Gasteiger partial charge in [0.05, 0.1) is 0 Å². The van der Waals surface area contributed by atoms with Crippen molar-refractivity contribution in [1.29, 1.82) is 0 Å². The van der Waals surface area contributed by atoms with Gasteiger partial charge in [-0.15, -0.1) is 10.2 Å². The van der Waals surface area contributed by atoms with Crippen molar-refractivity contribution in [2.75, 3.05) is 26.5 Å². The van der Waals surface area contributed by atoms with Crippen molar-refractivity contribution < 1.29 is 9.59 Å². The Morgan fingerprint density at radius 1 is 1.35 bits per heavy atom. The molecule has 0 aromatic carbocycles. The molecule has 0 saturated heterocycles. The van der Waals surface area contributed by atoms with Crippen LogP contribution >= 0.6 is 0 Å². The number of hydrogen-bond donors (Lipinski definition) is 2. The Morgan fingerprint density at radius 2 is 2.00 bits per heavy atom. The molecule has 1 heterocycles. The molecule has 0 radical (unpaired) electrons. The first kappa shape index (κ1) is 18.3. The van der Waals surface area contributed by atoms with E-state index >= 15 is 0 Å². The van der Waals surface area contributed by atoms with E-state index in [9.17, 15) is 9.59 Å². The molecule has 1 aromatic rings. The molecule has 0 bridgehead atoms. The van der Waals surface area contributed by atoms with E-state index in [4.69, 9.17) is 0 Å². The van der Waals surface area contributed by atoms with Crippen molar-refractivity contribution in [3.63, 3.8) is 0 Å². The zero-order chi connectivity index (χ0) is 17.6. The maximum Gasteiger partial charge on any atom is 0.277 e. The van der Waals surface area contributed by atoms with Gasteiger partial charge >= 0.3 is 0 Å². The van der Waals surface area contributed by atoms with Gasteiger partial charge in [0.15, 0.2) is 11.5 Å². The van der Waals surface area contributed by atoms with Crippen LogP contribution in [0.1, 0.15) is 35.8 Å². The Balaban J connectivity index is 3.11. The SMILES string of the molecule is C=C/C(=N\N(C)C)C(=O)Nc1cc(C(C)C)c(C(=O)NC)nn1. The molecular formula is C15H22N6O2. The van der Waals surface area contributed by atoms with Crippen molar-refractivity contribution in [1.82, 2.24) is 20.5 Å². The van der Waals surface area contributed by atoms with Gasteiger partial charge in [0, 0.05) is 21.1 Å². The van der Waals surface area contributed by atoms with Crippen LogP contribution in [0, 0.1) is 0 Å². The van der Waals surface area contributed by atoms with Crippen LogP contribution in [0.5, 0.6) is 0 Å². The minimum absolute atomic E-state index is 0.0442. The summed E-state index contributed by atoms with van der Waals surface area (Å²) in [5.41, 5.74) is 1.09. The predicted octanol–water partition coefficient (Wildman–Crippen LogP) is 1.00. The van der Waals surface area contributed by atoms with Crippen LogP contribution in [-0.2, 0) is 4.79 Å². The van der Waals surface area contributed by atoms with Crippen molar-refractivity contribution >= 4 is 23.3 Å². The first-order valence-electron chi connectivity index (χ1n) is 7.09.